The van der Waals surface area contributed by atoms with Gasteiger partial charge in [0.25, 0.3) is 5.91 Å². The Morgan fingerprint density at radius 2 is 1.59 bits per heavy atom. The van der Waals surface area contributed by atoms with Crippen LogP contribution < -0.4 is 19.8 Å². The number of halogens is 3. The molecule has 3 N–H and O–H groups in total. The van der Waals surface area contributed by atoms with Crippen molar-refractivity contribution < 1.29 is 40.8 Å². The van der Waals surface area contributed by atoms with Gasteiger partial charge in [-0.15, -0.1) is 0 Å². The van der Waals surface area contributed by atoms with Crippen LogP contribution >= 0.6 is 0 Å². The van der Waals surface area contributed by atoms with Gasteiger partial charge in [0.15, 0.2) is 5.82 Å². The minimum atomic E-state index is -4.36. The van der Waals surface area contributed by atoms with Gasteiger partial charge in [-0.05, 0) is 72.5 Å². The van der Waals surface area contributed by atoms with Crippen LogP contribution in [0.15, 0.2) is 73.1 Å². The number of anilines is 3. The first-order valence-electron chi connectivity index (χ1n) is 19.1. The molecule has 14 nitrogen and oxygen atoms in total. The molecule has 0 aliphatic carbocycles. The van der Waals surface area contributed by atoms with Crippen LogP contribution in [0.5, 0.6) is 0 Å². The van der Waals surface area contributed by atoms with E-state index in [9.17, 15) is 32.0 Å². The molecule has 0 radical (unpaired) electrons. The lowest BCUT2D eigenvalue weighted by atomic mass is 9.99. The van der Waals surface area contributed by atoms with Gasteiger partial charge in [0.05, 0.1) is 11.3 Å². The zero-order valence-corrected chi connectivity index (χ0v) is 32.2. The number of nitrogens with one attached hydrogen (secondary N) is 3. The average molecular weight is 827 g/mol. The van der Waals surface area contributed by atoms with Gasteiger partial charge in [-0.2, -0.15) is 12.7 Å². The van der Waals surface area contributed by atoms with Crippen LogP contribution in [0.1, 0.15) is 51.1 Å². The van der Waals surface area contributed by atoms with Crippen molar-refractivity contribution in [2.45, 2.75) is 38.0 Å². The number of nitrogens with zero attached hydrogens (tertiary/aromatic N) is 5. The molecule has 2 atom stereocenters. The number of benzene rings is 3. The second-order valence-electron chi connectivity index (χ2n) is 15.0. The number of hydrogen-bond acceptors (Lipinski definition) is 9. The van der Waals surface area contributed by atoms with E-state index in [1.54, 1.807) is 17.2 Å². The summed E-state index contributed by atoms with van der Waals surface area (Å²) in [5, 5.41) is 2.64. The Balaban J connectivity index is 0.869. The summed E-state index contributed by atoms with van der Waals surface area (Å²) >= 11 is 0. The number of ketones is 1. The SMILES string of the molecule is O=C1CCC(N2Cc3cc(N4CCN(c5ccc(-c6cnc7[nH]cc(C(=O)c8c(F)ccc(NS(=O)(=O)N9CC[C@@H](F)C9)c8F)c7c6)cc5)CC4)ccc3C2=O)C(=O)N1. The monoisotopic (exact) mass is 826 g/mol. The lowest BCUT2D eigenvalue weighted by Gasteiger charge is -2.37. The summed E-state index contributed by atoms with van der Waals surface area (Å²) in [5.74, 6) is -4.57. The first-order chi connectivity index (χ1) is 28.3. The highest BCUT2D eigenvalue weighted by Gasteiger charge is 2.39. The Hall–Kier alpha value is -6.27. The number of fused-ring (bicyclic) bond motifs is 2. The summed E-state index contributed by atoms with van der Waals surface area (Å²) in [7, 11) is -4.36. The molecule has 4 aliphatic heterocycles. The maximum absolute atomic E-state index is 15.7. The van der Waals surface area contributed by atoms with Gasteiger partial charge in [-0.25, -0.2) is 18.2 Å². The maximum Gasteiger partial charge on any atom is 0.301 e. The second-order valence-corrected chi connectivity index (χ2v) is 16.7. The van der Waals surface area contributed by atoms with E-state index in [4.69, 9.17) is 0 Å². The van der Waals surface area contributed by atoms with Crippen molar-refractivity contribution in [2.75, 3.05) is 53.8 Å². The number of piperazine rings is 1. The number of H-pyrrole nitrogens is 1. The molecule has 1 unspecified atom stereocenters. The molecule has 4 aliphatic rings. The lowest BCUT2D eigenvalue weighted by Crippen LogP contribution is -2.52. The van der Waals surface area contributed by atoms with Gasteiger partial charge >= 0.3 is 10.2 Å². The molecule has 0 saturated carbocycles. The number of imide groups is 1. The molecule has 3 amide bonds. The van der Waals surface area contributed by atoms with E-state index >= 15 is 8.78 Å². The molecule has 0 spiro atoms. The van der Waals surface area contributed by atoms with Crippen LogP contribution in [0.2, 0.25) is 0 Å². The third kappa shape index (κ3) is 7.05. The predicted octanol–water partition coefficient (Wildman–Crippen LogP) is 4.53. The van der Waals surface area contributed by atoms with Crippen LogP contribution in [0.4, 0.5) is 30.2 Å². The highest BCUT2D eigenvalue weighted by molar-refractivity contribution is 7.90. The molecule has 304 valence electrons. The third-order valence-corrected chi connectivity index (χ3v) is 13.0. The molecule has 3 fully saturated rings. The van der Waals surface area contributed by atoms with E-state index in [1.165, 1.54) is 6.20 Å². The summed E-state index contributed by atoms with van der Waals surface area (Å²) in [6, 6.07) is 16.2. The first-order valence-corrected chi connectivity index (χ1v) is 20.6. The van der Waals surface area contributed by atoms with Crippen molar-refractivity contribution in [3.63, 3.8) is 0 Å². The van der Waals surface area contributed by atoms with Crippen LogP contribution in [0.25, 0.3) is 22.2 Å². The largest absolute Gasteiger partial charge is 0.368 e. The Morgan fingerprint density at radius 3 is 2.31 bits per heavy atom. The summed E-state index contributed by atoms with van der Waals surface area (Å²) in [5.41, 5.74) is 3.48. The van der Waals surface area contributed by atoms with Crippen molar-refractivity contribution in [1.82, 2.24) is 24.5 Å². The zero-order valence-electron chi connectivity index (χ0n) is 31.4. The maximum atomic E-state index is 15.7. The van der Waals surface area contributed by atoms with Crippen LogP contribution in [-0.4, -0.2) is 103 Å². The standard InChI is InChI=1S/C41H37F3N8O6S/c42-26-11-12-51(22-26)59(57,58)48-33-8-7-32(43)36(37(33)44)38(54)31-20-46-39-30(31)18-24(19-45-39)23-1-3-27(4-2-23)49-13-15-50(16-14-49)28-5-6-29-25(17-28)21-52(41(29)56)34-9-10-35(53)47-40(34)55/h1-8,17-20,26,34,48H,9-16,21-22H2,(H,45,46)(H,47,53,55)/t26-,34?/m1/s1. The molecule has 3 saturated heterocycles. The fraction of sp³-hybridized carbons (Fsp3) is 0.293. The number of carbonyl (C=O) groups is 4. The van der Waals surface area contributed by atoms with E-state index in [0.29, 0.717) is 35.1 Å². The van der Waals surface area contributed by atoms with Gasteiger partial charge in [0, 0.05) is 98.1 Å². The molecule has 59 heavy (non-hydrogen) atoms. The Kier molecular flexibility index (Phi) is 9.62. The fourth-order valence-corrected chi connectivity index (χ4v) is 9.55. The summed E-state index contributed by atoms with van der Waals surface area (Å²) in [6.45, 7) is 2.72. The molecule has 3 aromatic carbocycles. The molecular formula is C41H37F3N8O6S. The number of alkyl halides is 1. The van der Waals surface area contributed by atoms with Crippen molar-refractivity contribution in [3.8, 4) is 11.1 Å². The van der Waals surface area contributed by atoms with Crippen LogP contribution in [-0.2, 0) is 26.3 Å². The van der Waals surface area contributed by atoms with Crippen LogP contribution in [0.3, 0.4) is 0 Å². The first kappa shape index (κ1) is 38.3. The van der Waals surface area contributed by atoms with Crippen molar-refractivity contribution in [1.29, 1.82) is 0 Å². The van der Waals surface area contributed by atoms with Gasteiger partial charge in [-0.1, -0.05) is 12.1 Å². The van der Waals surface area contributed by atoms with Crippen molar-refractivity contribution in [3.05, 3.63) is 107 Å². The average Bonchev–Trinajstić information content (AvgIpc) is 3.96. The van der Waals surface area contributed by atoms with Crippen molar-refractivity contribution in [2.24, 2.45) is 0 Å². The quantitative estimate of drug-likeness (QED) is 0.143. The molecule has 2 aromatic heterocycles. The highest BCUT2D eigenvalue weighted by Crippen LogP contribution is 2.34. The van der Waals surface area contributed by atoms with Crippen molar-refractivity contribution >= 4 is 61.8 Å². The topological polar surface area (TPSA) is 168 Å². The van der Waals surface area contributed by atoms with E-state index in [-0.39, 0.29) is 36.8 Å². The van der Waals surface area contributed by atoms with Crippen LogP contribution in [0, 0.1) is 11.6 Å². The summed E-state index contributed by atoms with van der Waals surface area (Å²) in [6.07, 6.45) is 2.06. The number of carbonyl (C=O) groups excluding carboxylic acids is 4. The third-order valence-electron chi connectivity index (χ3n) is 11.5. The molecule has 0 bridgehead atoms. The Labute approximate surface area is 336 Å². The fourth-order valence-electron chi connectivity index (χ4n) is 8.28. The minimum Gasteiger partial charge on any atom is -0.368 e. The zero-order chi connectivity index (χ0) is 41.2. The number of hydrogen-bond donors (Lipinski definition) is 3. The normalized spacial score (nSPS) is 20.1. The molecular weight excluding hydrogens is 790 g/mol. The molecule has 5 aromatic rings. The van der Waals surface area contributed by atoms with Gasteiger partial charge < -0.3 is 19.7 Å². The molecule has 9 rings (SSSR count). The van der Waals surface area contributed by atoms with E-state index in [1.807, 2.05) is 47.2 Å². The number of amides is 3. The minimum absolute atomic E-state index is 0.00341. The predicted molar refractivity (Wildman–Crippen MR) is 212 cm³/mol. The smallest absolute Gasteiger partial charge is 0.301 e. The number of aromatic nitrogens is 2. The summed E-state index contributed by atoms with van der Waals surface area (Å²) in [4.78, 5) is 64.3. The van der Waals surface area contributed by atoms with Gasteiger partial charge in [0.2, 0.25) is 17.6 Å². The Morgan fingerprint density at radius 1 is 0.864 bits per heavy atom. The van der Waals surface area contributed by atoms with Gasteiger partial charge in [0.1, 0.15) is 23.7 Å². The molecule has 18 heteroatoms. The highest BCUT2D eigenvalue weighted by atomic mass is 32.2. The second kappa shape index (κ2) is 14.8. The molecule has 6 heterocycles. The van der Waals surface area contributed by atoms with E-state index < -0.39 is 63.5 Å². The lowest BCUT2D eigenvalue weighted by molar-refractivity contribution is -0.136. The Bertz CT molecular complexity index is 2670. The summed E-state index contributed by atoms with van der Waals surface area (Å²) < 4.78 is 72.9. The van der Waals surface area contributed by atoms with E-state index in [2.05, 4.69) is 25.1 Å². The number of aromatic amines is 1. The van der Waals surface area contributed by atoms with E-state index in [0.717, 1.165) is 65.1 Å². The van der Waals surface area contributed by atoms with Gasteiger partial charge in [-0.3, -0.25) is 29.2 Å². The number of pyridine rings is 1. The number of rotatable bonds is 9. The number of piperidine rings is 1.